The molecule has 1 amide bonds. The van der Waals surface area contributed by atoms with Gasteiger partial charge in [0, 0.05) is 0 Å². The molecular formula is C19H21NO4. The van der Waals surface area contributed by atoms with E-state index in [0.717, 1.165) is 5.75 Å². The van der Waals surface area contributed by atoms with Crippen LogP contribution < -0.4 is 10.1 Å². The number of rotatable bonds is 5. The van der Waals surface area contributed by atoms with E-state index in [0.29, 0.717) is 17.6 Å². The van der Waals surface area contributed by atoms with Crippen LogP contribution in [0.5, 0.6) is 11.5 Å². The van der Waals surface area contributed by atoms with Crippen LogP contribution in [-0.4, -0.2) is 18.0 Å². The average Bonchev–Trinajstić information content (AvgIpc) is 2.53. The first kappa shape index (κ1) is 17.5. The molecule has 0 heterocycles. The highest BCUT2D eigenvalue weighted by atomic mass is 16.6. The maximum Gasteiger partial charge on any atom is 0.408 e. The lowest BCUT2D eigenvalue weighted by Gasteiger charge is -2.21. The zero-order valence-corrected chi connectivity index (χ0v) is 14.0. The molecule has 1 atom stereocenters. The van der Waals surface area contributed by atoms with Crippen LogP contribution in [0.25, 0.3) is 0 Å². The number of carbonyl (C=O) groups is 2. The Labute approximate surface area is 141 Å². The Kier molecular flexibility index (Phi) is 5.58. The van der Waals surface area contributed by atoms with E-state index in [2.05, 4.69) is 5.32 Å². The van der Waals surface area contributed by atoms with Crippen molar-refractivity contribution in [2.45, 2.75) is 32.4 Å². The third-order valence-corrected chi connectivity index (χ3v) is 3.03. The van der Waals surface area contributed by atoms with Crippen molar-refractivity contribution in [3.8, 4) is 11.5 Å². The first-order valence-electron chi connectivity index (χ1n) is 7.65. The molecule has 5 nitrogen and oxygen atoms in total. The summed E-state index contributed by atoms with van der Waals surface area (Å²) in [5, 5.41) is 2.54. The minimum absolute atomic E-state index is 0.620. The second-order valence-electron chi connectivity index (χ2n) is 6.24. The zero-order chi connectivity index (χ0) is 17.6. The van der Waals surface area contributed by atoms with Crippen LogP contribution in [-0.2, 0) is 9.53 Å². The number of hydrogen-bond donors (Lipinski definition) is 1. The molecule has 0 aromatic heterocycles. The highest BCUT2D eigenvalue weighted by Crippen LogP contribution is 2.23. The van der Waals surface area contributed by atoms with Crippen LogP contribution in [0, 0.1) is 0 Å². The maximum absolute atomic E-state index is 11.8. The van der Waals surface area contributed by atoms with Crippen LogP contribution in [0.1, 0.15) is 32.4 Å². The van der Waals surface area contributed by atoms with E-state index in [9.17, 15) is 9.59 Å². The van der Waals surface area contributed by atoms with Crippen molar-refractivity contribution in [2.24, 2.45) is 0 Å². The van der Waals surface area contributed by atoms with Gasteiger partial charge < -0.3 is 19.6 Å². The summed E-state index contributed by atoms with van der Waals surface area (Å²) >= 11 is 0. The summed E-state index contributed by atoms with van der Waals surface area (Å²) in [6.07, 6.45) is 0.0287. The Hall–Kier alpha value is -2.82. The van der Waals surface area contributed by atoms with Crippen molar-refractivity contribution in [2.75, 3.05) is 0 Å². The fourth-order valence-corrected chi connectivity index (χ4v) is 2.00. The number of benzene rings is 2. The van der Waals surface area contributed by atoms with Gasteiger partial charge in [0.25, 0.3) is 0 Å². The van der Waals surface area contributed by atoms with Crippen LogP contribution in [0.3, 0.4) is 0 Å². The van der Waals surface area contributed by atoms with Crippen LogP contribution in [0.2, 0.25) is 0 Å². The predicted molar refractivity (Wildman–Crippen MR) is 91.1 cm³/mol. The molecule has 2 rings (SSSR count). The average molecular weight is 327 g/mol. The highest BCUT2D eigenvalue weighted by Gasteiger charge is 2.20. The van der Waals surface area contributed by atoms with Crippen molar-refractivity contribution in [3.63, 3.8) is 0 Å². The van der Waals surface area contributed by atoms with Gasteiger partial charge in [0.1, 0.15) is 29.4 Å². The normalized spacial score (nSPS) is 12.1. The second-order valence-corrected chi connectivity index (χ2v) is 6.24. The first-order valence-corrected chi connectivity index (χ1v) is 7.65. The van der Waals surface area contributed by atoms with Crippen molar-refractivity contribution in [1.29, 1.82) is 0 Å². The molecule has 126 valence electrons. The molecule has 1 N–H and O–H groups in total. The number of carbonyl (C=O) groups excluding carboxylic acids is 2. The smallest absolute Gasteiger partial charge is 0.408 e. The van der Waals surface area contributed by atoms with Gasteiger partial charge in [-0.15, -0.1) is 0 Å². The second kappa shape index (κ2) is 7.64. The molecule has 0 fully saturated rings. The minimum Gasteiger partial charge on any atom is -0.457 e. The Bertz CT molecular complexity index is 675. The number of amides is 1. The van der Waals surface area contributed by atoms with Gasteiger partial charge in [-0.1, -0.05) is 30.3 Å². The minimum atomic E-state index is -0.773. The summed E-state index contributed by atoms with van der Waals surface area (Å²) in [5.74, 6) is 1.37. The Morgan fingerprint density at radius 2 is 1.58 bits per heavy atom. The number of hydrogen-bond acceptors (Lipinski definition) is 4. The molecule has 0 aliphatic rings. The fourth-order valence-electron chi connectivity index (χ4n) is 2.00. The Morgan fingerprint density at radius 1 is 1.00 bits per heavy atom. The van der Waals surface area contributed by atoms with Crippen molar-refractivity contribution in [1.82, 2.24) is 5.32 Å². The summed E-state index contributed by atoms with van der Waals surface area (Å²) in [6.45, 7) is 5.29. The summed E-state index contributed by atoms with van der Waals surface area (Å²) in [7, 11) is 0. The molecule has 0 spiro atoms. The molecule has 1 unspecified atom stereocenters. The molecule has 0 saturated heterocycles. The third-order valence-electron chi connectivity index (χ3n) is 3.03. The standard InChI is InChI=1S/C19H21NO4/c1-19(2,3)24-18(22)20-17(13-21)14-9-11-16(12-10-14)23-15-7-5-4-6-8-15/h4-13,17H,1-3H3,(H,20,22). The molecule has 0 aliphatic heterocycles. The van der Waals surface area contributed by atoms with Gasteiger partial charge >= 0.3 is 6.09 Å². The van der Waals surface area contributed by atoms with E-state index >= 15 is 0 Å². The van der Waals surface area contributed by atoms with Gasteiger partial charge in [0.15, 0.2) is 0 Å². The van der Waals surface area contributed by atoms with Gasteiger partial charge in [-0.25, -0.2) is 4.79 Å². The molecule has 2 aromatic carbocycles. The first-order chi connectivity index (χ1) is 11.4. The topological polar surface area (TPSA) is 64.6 Å². The van der Waals surface area contributed by atoms with E-state index in [-0.39, 0.29) is 0 Å². The van der Waals surface area contributed by atoms with Gasteiger partial charge in [-0.2, -0.15) is 0 Å². The van der Waals surface area contributed by atoms with E-state index < -0.39 is 17.7 Å². The Balaban J connectivity index is 2.02. The van der Waals surface area contributed by atoms with E-state index in [4.69, 9.17) is 9.47 Å². The maximum atomic E-state index is 11.8. The number of ether oxygens (including phenoxy) is 2. The molecule has 5 heteroatoms. The molecular weight excluding hydrogens is 306 g/mol. The lowest BCUT2D eigenvalue weighted by Crippen LogP contribution is -2.35. The number of para-hydroxylation sites is 1. The van der Waals surface area contributed by atoms with Gasteiger partial charge in [-0.05, 0) is 50.6 Å². The molecule has 0 aliphatic carbocycles. The van der Waals surface area contributed by atoms with E-state index in [1.165, 1.54) is 0 Å². The lowest BCUT2D eigenvalue weighted by molar-refractivity contribution is -0.109. The quantitative estimate of drug-likeness (QED) is 0.834. The van der Waals surface area contributed by atoms with Crippen LogP contribution >= 0.6 is 0 Å². The molecule has 24 heavy (non-hydrogen) atoms. The van der Waals surface area contributed by atoms with Crippen molar-refractivity contribution >= 4 is 12.4 Å². The summed E-state index contributed by atoms with van der Waals surface area (Å²) < 4.78 is 10.9. The molecule has 0 radical (unpaired) electrons. The van der Waals surface area contributed by atoms with Crippen LogP contribution in [0.4, 0.5) is 4.79 Å². The van der Waals surface area contributed by atoms with Gasteiger partial charge in [0.2, 0.25) is 0 Å². The van der Waals surface area contributed by atoms with Crippen molar-refractivity contribution < 1.29 is 19.1 Å². The largest absolute Gasteiger partial charge is 0.457 e. The molecule has 0 saturated carbocycles. The molecule has 0 bridgehead atoms. The van der Waals surface area contributed by atoms with Gasteiger partial charge in [-0.3, -0.25) is 0 Å². The summed E-state index contributed by atoms with van der Waals surface area (Å²) in [6, 6.07) is 15.6. The highest BCUT2D eigenvalue weighted by molar-refractivity contribution is 5.74. The monoisotopic (exact) mass is 327 g/mol. The predicted octanol–water partition coefficient (Wildman–Crippen LogP) is 4.24. The number of aldehydes is 1. The number of alkyl carbamates (subject to hydrolysis) is 1. The SMILES string of the molecule is CC(C)(C)OC(=O)NC(C=O)c1ccc(Oc2ccccc2)cc1. The van der Waals surface area contributed by atoms with E-state index in [1.807, 2.05) is 30.3 Å². The number of nitrogens with one attached hydrogen (secondary N) is 1. The summed E-state index contributed by atoms with van der Waals surface area (Å²) in [4.78, 5) is 23.1. The summed E-state index contributed by atoms with van der Waals surface area (Å²) in [5.41, 5.74) is 0.0292. The van der Waals surface area contributed by atoms with Gasteiger partial charge in [0.05, 0.1) is 0 Å². The lowest BCUT2D eigenvalue weighted by atomic mass is 10.1. The van der Waals surface area contributed by atoms with Crippen LogP contribution in [0.15, 0.2) is 54.6 Å². The fraction of sp³-hybridized carbons (Fsp3) is 0.263. The Morgan fingerprint density at radius 3 is 2.12 bits per heavy atom. The molecule has 2 aromatic rings. The van der Waals surface area contributed by atoms with Crippen molar-refractivity contribution in [3.05, 3.63) is 60.2 Å². The van der Waals surface area contributed by atoms with E-state index in [1.54, 1.807) is 45.0 Å². The zero-order valence-electron chi connectivity index (χ0n) is 14.0. The third kappa shape index (κ3) is 5.43.